The van der Waals surface area contributed by atoms with Gasteiger partial charge in [0.1, 0.15) is 17.4 Å². The number of hydrogen-bond donors (Lipinski definition) is 0. The Balaban J connectivity index is 3.55. The molecule has 17 heavy (non-hydrogen) atoms. The smallest absolute Gasteiger partial charge is 0.273 e. The fourth-order valence-corrected chi connectivity index (χ4v) is 1.42. The Morgan fingerprint density at radius 3 is 2.71 bits per heavy atom. The van der Waals surface area contributed by atoms with E-state index >= 15 is 0 Å². The molecular weight excluding hydrogens is 248 g/mol. The van der Waals surface area contributed by atoms with Gasteiger partial charge in [-0.2, -0.15) is 5.26 Å². The van der Waals surface area contributed by atoms with E-state index in [2.05, 4.69) is 0 Å². The standard InChI is InChI=1S/C10H7ClN2O4/c1-17-10-3-6(13(15)16)2-7(8(10)5-12)9(14)4-11/h2-3H,4H2,1H3. The molecule has 0 bridgehead atoms. The number of nitriles is 1. The second kappa shape index (κ2) is 5.27. The Kier molecular flexibility index (Phi) is 4.01. The number of Topliss-reactive ketones (excluding diaryl/α,β-unsaturated/α-hetero) is 1. The predicted octanol–water partition coefficient (Wildman–Crippen LogP) is 1.90. The minimum absolute atomic E-state index is 0.0184. The molecule has 0 heterocycles. The lowest BCUT2D eigenvalue weighted by atomic mass is 10.0. The number of nitro groups is 1. The Morgan fingerprint density at radius 1 is 1.65 bits per heavy atom. The Labute approximate surface area is 102 Å². The van der Waals surface area contributed by atoms with Gasteiger partial charge in [0, 0.05) is 11.6 Å². The number of carbonyl (C=O) groups excluding carboxylic acids is 1. The third-order valence-electron chi connectivity index (χ3n) is 2.05. The van der Waals surface area contributed by atoms with Crippen LogP contribution in [0.25, 0.3) is 0 Å². The molecular formula is C10H7ClN2O4. The zero-order valence-electron chi connectivity index (χ0n) is 8.77. The van der Waals surface area contributed by atoms with E-state index in [-0.39, 0.29) is 28.4 Å². The number of nitro benzene ring substituents is 1. The molecule has 88 valence electrons. The molecule has 1 aromatic carbocycles. The van der Waals surface area contributed by atoms with Gasteiger partial charge in [0.2, 0.25) is 0 Å². The van der Waals surface area contributed by atoms with Crippen LogP contribution < -0.4 is 4.74 Å². The largest absolute Gasteiger partial charge is 0.495 e. The molecule has 0 N–H and O–H groups in total. The number of benzene rings is 1. The van der Waals surface area contributed by atoms with Crippen molar-refractivity contribution in [2.45, 2.75) is 0 Å². The fraction of sp³-hybridized carbons (Fsp3) is 0.200. The van der Waals surface area contributed by atoms with Crippen LogP contribution in [0.15, 0.2) is 12.1 Å². The summed E-state index contributed by atoms with van der Waals surface area (Å²) in [5.74, 6) is -0.945. The summed E-state index contributed by atoms with van der Waals surface area (Å²) in [5, 5.41) is 19.6. The zero-order valence-corrected chi connectivity index (χ0v) is 9.52. The first kappa shape index (κ1) is 12.9. The average molecular weight is 255 g/mol. The predicted molar refractivity (Wildman–Crippen MR) is 59.4 cm³/mol. The van der Waals surface area contributed by atoms with Gasteiger partial charge in [0.05, 0.1) is 24.0 Å². The maximum absolute atomic E-state index is 11.5. The maximum Gasteiger partial charge on any atom is 0.273 e. The van der Waals surface area contributed by atoms with Crippen LogP contribution in [-0.4, -0.2) is 23.7 Å². The molecule has 6 nitrogen and oxygen atoms in total. The highest BCUT2D eigenvalue weighted by atomic mass is 35.5. The fourth-order valence-electron chi connectivity index (χ4n) is 1.27. The van der Waals surface area contributed by atoms with Gasteiger partial charge in [-0.15, -0.1) is 11.6 Å². The first-order valence-corrected chi connectivity index (χ1v) is 4.94. The third kappa shape index (κ3) is 2.52. The molecule has 7 heteroatoms. The van der Waals surface area contributed by atoms with Gasteiger partial charge in [0.25, 0.3) is 5.69 Å². The van der Waals surface area contributed by atoms with Gasteiger partial charge < -0.3 is 4.74 Å². The highest BCUT2D eigenvalue weighted by Crippen LogP contribution is 2.28. The number of alkyl halides is 1. The molecule has 0 fully saturated rings. The van der Waals surface area contributed by atoms with E-state index in [1.54, 1.807) is 6.07 Å². The summed E-state index contributed by atoms with van der Waals surface area (Å²) in [7, 11) is 1.26. The quantitative estimate of drug-likeness (QED) is 0.354. The summed E-state index contributed by atoms with van der Waals surface area (Å²) in [5.41, 5.74) is -0.480. The summed E-state index contributed by atoms with van der Waals surface area (Å²) in [6.45, 7) is 0. The summed E-state index contributed by atoms with van der Waals surface area (Å²) < 4.78 is 4.84. The van der Waals surface area contributed by atoms with Crippen molar-refractivity contribution in [1.82, 2.24) is 0 Å². The van der Waals surface area contributed by atoms with Crippen LogP contribution in [0.5, 0.6) is 5.75 Å². The van der Waals surface area contributed by atoms with E-state index in [1.165, 1.54) is 7.11 Å². The molecule has 0 saturated heterocycles. The topological polar surface area (TPSA) is 93.2 Å². The van der Waals surface area contributed by atoms with E-state index in [0.29, 0.717) is 0 Å². The molecule has 0 saturated carbocycles. The number of halogens is 1. The molecule has 1 rings (SSSR count). The Morgan fingerprint density at radius 2 is 2.29 bits per heavy atom. The van der Waals surface area contributed by atoms with Crippen LogP contribution in [0.3, 0.4) is 0 Å². The lowest BCUT2D eigenvalue weighted by Crippen LogP contribution is -2.06. The highest BCUT2D eigenvalue weighted by molar-refractivity contribution is 6.30. The van der Waals surface area contributed by atoms with E-state index in [9.17, 15) is 14.9 Å². The first-order valence-electron chi connectivity index (χ1n) is 4.40. The molecule has 0 atom stereocenters. The monoisotopic (exact) mass is 254 g/mol. The lowest BCUT2D eigenvalue weighted by Gasteiger charge is -2.06. The number of rotatable bonds is 4. The lowest BCUT2D eigenvalue weighted by molar-refractivity contribution is -0.385. The van der Waals surface area contributed by atoms with Crippen molar-refractivity contribution in [3.63, 3.8) is 0 Å². The SMILES string of the molecule is COc1cc([N+](=O)[O-])cc(C(=O)CCl)c1C#N. The molecule has 0 aliphatic heterocycles. The van der Waals surface area contributed by atoms with Crippen molar-refractivity contribution < 1.29 is 14.5 Å². The summed E-state index contributed by atoms with van der Waals surface area (Å²) in [6, 6.07) is 3.88. The van der Waals surface area contributed by atoms with Crippen molar-refractivity contribution >= 4 is 23.1 Å². The summed E-state index contributed by atoms with van der Waals surface area (Å²) in [6.07, 6.45) is 0. The van der Waals surface area contributed by atoms with Crippen molar-refractivity contribution in [1.29, 1.82) is 5.26 Å². The van der Waals surface area contributed by atoms with E-state index < -0.39 is 10.7 Å². The van der Waals surface area contributed by atoms with Gasteiger partial charge in [0.15, 0.2) is 5.78 Å². The molecule has 1 aromatic rings. The number of nitrogens with zero attached hydrogens (tertiary/aromatic N) is 2. The molecule has 0 aliphatic carbocycles. The number of hydrogen-bond acceptors (Lipinski definition) is 5. The van der Waals surface area contributed by atoms with Gasteiger partial charge in [-0.3, -0.25) is 14.9 Å². The van der Waals surface area contributed by atoms with Crippen LogP contribution in [0.4, 0.5) is 5.69 Å². The van der Waals surface area contributed by atoms with Crippen molar-refractivity contribution in [3.05, 3.63) is 33.4 Å². The third-order valence-corrected chi connectivity index (χ3v) is 2.29. The van der Waals surface area contributed by atoms with Crippen LogP contribution in [0.2, 0.25) is 0 Å². The number of carbonyl (C=O) groups is 1. The second-order valence-corrected chi connectivity index (χ2v) is 3.26. The summed E-state index contributed by atoms with van der Waals surface area (Å²) >= 11 is 5.37. The number of ether oxygens (including phenoxy) is 1. The van der Waals surface area contributed by atoms with Gasteiger partial charge in [-0.05, 0) is 0 Å². The Hall–Kier alpha value is -2.13. The van der Waals surface area contributed by atoms with E-state index in [1.807, 2.05) is 0 Å². The van der Waals surface area contributed by atoms with Crippen molar-refractivity contribution in [2.75, 3.05) is 13.0 Å². The van der Waals surface area contributed by atoms with Crippen molar-refractivity contribution in [3.8, 4) is 11.8 Å². The normalized spacial score (nSPS) is 9.47. The zero-order chi connectivity index (χ0) is 13.0. The highest BCUT2D eigenvalue weighted by Gasteiger charge is 2.21. The second-order valence-electron chi connectivity index (χ2n) is 3.00. The molecule has 0 aromatic heterocycles. The number of ketones is 1. The molecule has 0 unspecified atom stereocenters. The number of non-ortho nitro benzene ring substituents is 1. The molecule has 0 radical (unpaired) electrons. The molecule has 0 amide bonds. The maximum atomic E-state index is 11.5. The van der Waals surface area contributed by atoms with Crippen LogP contribution in [0.1, 0.15) is 15.9 Å². The van der Waals surface area contributed by atoms with Gasteiger partial charge >= 0.3 is 0 Å². The van der Waals surface area contributed by atoms with Crippen LogP contribution in [-0.2, 0) is 0 Å². The van der Waals surface area contributed by atoms with E-state index in [0.717, 1.165) is 12.1 Å². The molecule has 0 aliphatic rings. The van der Waals surface area contributed by atoms with Crippen LogP contribution >= 0.6 is 11.6 Å². The summed E-state index contributed by atoms with van der Waals surface area (Å²) in [4.78, 5) is 21.5. The minimum atomic E-state index is -0.672. The van der Waals surface area contributed by atoms with E-state index in [4.69, 9.17) is 21.6 Å². The van der Waals surface area contributed by atoms with Crippen LogP contribution in [0, 0.1) is 21.4 Å². The first-order chi connectivity index (χ1) is 8.04. The van der Waals surface area contributed by atoms with Gasteiger partial charge in [-0.1, -0.05) is 0 Å². The van der Waals surface area contributed by atoms with Crippen molar-refractivity contribution in [2.24, 2.45) is 0 Å². The minimum Gasteiger partial charge on any atom is -0.495 e. The van der Waals surface area contributed by atoms with Gasteiger partial charge in [-0.25, -0.2) is 0 Å². The molecule has 0 spiro atoms. The average Bonchev–Trinajstić information content (AvgIpc) is 2.35. The number of methoxy groups -OCH3 is 1. The Bertz CT molecular complexity index is 522.